The predicted octanol–water partition coefficient (Wildman–Crippen LogP) is 2.66. The van der Waals surface area contributed by atoms with Crippen molar-refractivity contribution in [2.24, 2.45) is 0 Å². The van der Waals surface area contributed by atoms with Crippen LogP contribution in [-0.2, 0) is 0 Å². The van der Waals surface area contributed by atoms with Crippen molar-refractivity contribution in [3.63, 3.8) is 0 Å². The average Bonchev–Trinajstić information content (AvgIpc) is 2.26. The van der Waals surface area contributed by atoms with E-state index in [0.717, 1.165) is 27.8 Å². The van der Waals surface area contributed by atoms with E-state index >= 15 is 0 Å². The van der Waals surface area contributed by atoms with Crippen LogP contribution in [0.15, 0.2) is 24.3 Å². The first kappa shape index (κ1) is 11.9. The number of anilines is 1. The summed E-state index contributed by atoms with van der Waals surface area (Å²) in [4.78, 5) is 6.63. The molecule has 0 radical (unpaired) electrons. The zero-order valence-electron chi connectivity index (χ0n) is 10.7. The van der Waals surface area contributed by atoms with Crippen LogP contribution >= 0.6 is 0 Å². The highest BCUT2D eigenvalue weighted by molar-refractivity contribution is 5.93. The second-order valence-electron chi connectivity index (χ2n) is 4.60. The van der Waals surface area contributed by atoms with E-state index in [1.807, 2.05) is 39.2 Å². The lowest BCUT2D eigenvalue weighted by atomic mass is 10.0. The monoisotopic (exact) mass is 230 g/mol. The Bertz CT molecular complexity index is 547. The minimum atomic E-state index is -0.497. The molecule has 0 spiro atoms. The van der Waals surface area contributed by atoms with E-state index in [1.54, 1.807) is 6.92 Å². The Morgan fingerprint density at radius 1 is 1.29 bits per heavy atom. The molecule has 1 aromatic heterocycles. The standard InChI is InChI=1S/C14H18N2O/c1-9-8-13(16(3)4)12-7-5-6-11(10(2)17)14(12)15-9/h5-8,10,17H,1-4H3. The van der Waals surface area contributed by atoms with Crippen molar-refractivity contribution >= 4 is 16.6 Å². The summed E-state index contributed by atoms with van der Waals surface area (Å²) in [5.41, 5.74) is 3.88. The molecule has 0 amide bonds. The van der Waals surface area contributed by atoms with Gasteiger partial charge in [0.25, 0.3) is 0 Å². The minimum Gasteiger partial charge on any atom is -0.389 e. The zero-order valence-corrected chi connectivity index (χ0v) is 10.7. The molecule has 0 saturated heterocycles. The molecule has 1 N–H and O–H groups in total. The fraction of sp³-hybridized carbons (Fsp3) is 0.357. The molecule has 2 rings (SSSR count). The maximum absolute atomic E-state index is 9.79. The van der Waals surface area contributed by atoms with Gasteiger partial charge < -0.3 is 10.0 Å². The van der Waals surface area contributed by atoms with Gasteiger partial charge in [0.1, 0.15) is 0 Å². The number of pyridine rings is 1. The molecule has 3 heteroatoms. The lowest BCUT2D eigenvalue weighted by molar-refractivity contribution is 0.200. The number of benzene rings is 1. The summed E-state index contributed by atoms with van der Waals surface area (Å²) in [7, 11) is 4.03. The van der Waals surface area contributed by atoms with Crippen LogP contribution in [-0.4, -0.2) is 24.2 Å². The molecule has 1 heterocycles. The third kappa shape index (κ3) is 2.11. The molecule has 0 bridgehead atoms. The fourth-order valence-corrected chi connectivity index (χ4v) is 2.08. The second-order valence-corrected chi connectivity index (χ2v) is 4.60. The van der Waals surface area contributed by atoms with Gasteiger partial charge in [0.15, 0.2) is 0 Å². The van der Waals surface area contributed by atoms with Gasteiger partial charge in [0.2, 0.25) is 0 Å². The molecule has 90 valence electrons. The van der Waals surface area contributed by atoms with Crippen LogP contribution in [0.1, 0.15) is 24.3 Å². The summed E-state index contributed by atoms with van der Waals surface area (Å²) in [5, 5.41) is 10.9. The van der Waals surface area contributed by atoms with E-state index in [0.29, 0.717) is 0 Å². The van der Waals surface area contributed by atoms with E-state index in [9.17, 15) is 5.11 Å². The van der Waals surface area contributed by atoms with Gasteiger partial charge in [-0.1, -0.05) is 18.2 Å². The summed E-state index contributed by atoms with van der Waals surface area (Å²) < 4.78 is 0. The van der Waals surface area contributed by atoms with Crippen LogP contribution in [0.3, 0.4) is 0 Å². The molecule has 0 aliphatic rings. The third-order valence-electron chi connectivity index (χ3n) is 2.91. The van der Waals surface area contributed by atoms with E-state index in [1.165, 1.54) is 0 Å². The number of fused-ring (bicyclic) bond motifs is 1. The smallest absolute Gasteiger partial charge is 0.0783 e. The molecular formula is C14H18N2O. The topological polar surface area (TPSA) is 36.4 Å². The number of aliphatic hydroxyl groups is 1. The Hall–Kier alpha value is -1.61. The highest BCUT2D eigenvalue weighted by atomic mass is 16.3. The summed E-state index contributed by atoms with van der Waals surface area (Å²) >= 11 is 0. The van der Waals surface area contributed by atoms with Crippen LogP contribution in [0.4, 0.5) is 5.69 Å². The lowest BCUT2D eigenvalue weighted by Crippen LogP contribution is -2.10. The Morgan fingerprint density at radius 3 is 2.59 bits per heavy atom. The number of nitrogens with zero attached hydrogens (tertiary/aromatic N) is 2. The first-order chi connectivity index (χ1) is 8.00. The molecule has 17 heavy (non-hydrogen) atoms. The molecule has 0 aliphatic carbocycles. The molecule has 0 saturated carbocycles. The molecule has 1 atom stereocenters. The van der Waals surface area contributed by atoms with E-state index < -0.39 is 6.10 Å². The molecular weight excluding hydrogens is 212 g/mol. The van der Waals surface area contributed by atoms with Crippen LogP contribution in [0.2, 0.25) is 0 Å². The number of aliphatic hydroxyl groups excluding tert-OH is 1. The van der Waals surface area contributed by atoms with Gasteiger partial charge in [-0.2, -0.15) is 0 Å². The average molecular weight is 230 g/mol. The Morgan fingerprint density at radius 2 is 2.00 bits per heavy atom. The molecule has 0 fully saturated rings. The number of para-hydroxylation sites is 1. The lowest BCUT2D eigenvalue weighted by Gasteiger charge is -2.18. The third-order valence-corrected chi connectivity index (χ3v) is 2.91. The molecule has 0 aliphatic heterocycles. The van der Waals surface area contributed by atoms with Crippen molar-refractivity contribution in [1.82, 2.24) is 4.98 Å². The number of rotatable bonds is 2. The van der Waals surface area contributed by atoms with Crippen LogP contribution in [0.5, 0.6) is 0 Å². The SMILES string of the molecule is Cc1cc(N(C)C)c2cccc(C(C)O)c2n1. The summed E-state index contributed by atoms with van der Waals surface area (Å²) in [6, 6.07) is 8.00. The van der Waals surface area contributed by atoms with Crippen LogP contribution < -0.4 is 4.90 Å². The van der Waals surface area contributed by atoms with E-state index in [2.05, 4.69) is 16.0 Å². The van der Waals surface area contributed by atoms with Gasteiger partial charge in [-0.25, -0.2) is 0 Å². The van der Waals surface area contributed by atoms with E-state index in [-0.39, 0.29) is 0 Å². The Labute approximate surface area is 102 Å². The summed E-state index contributed by atoms with van der Waals surface area (Å²) in [5.74, 6) is 0. The fourth-order valence-electron chi connectivity index (χ4n) is 2.08. The summed E-state index contributed by atoms with van der Waals surface area (Å²) in [6.07, 6.45) is -0.497. The van der Waals surface area contributed by atoms with E-state index in [4.69, 9.17) is 0 Å². The molecule has 2 aromatic rings. The Kier molecular flexibility index (Phi) is 3.03. The largest absolute Gasteiger partial charge is 0.389 e. The highest BCUT2D eigenvalue weighted by Gasteiger charge is 2.11. The predicted molar refractivity (Wildman–Crippen MR) is 71.4 cm³/mol. The van der Waals surface area contributed by atoms with Gasteiger partial charge in [0.05, 0.1) is 11.6 Å². The molecule has 1 unspecified atom stereocenters. The van der Waals surface area contributed by atoms with Crippen molar-refractivity contribution < 1.29 is 5.11 Å². The van der Waals surface area contributed by atoms with Crippen molar-refractivity contribution in [1.29, 1.82) is 0 Å². The normalized spacial score (nSPS) is 12.8. The van der Waals surface area contributed by atoms with Crippen molar-refractivity contribution in [2.75, 3.05) is 19.0 Å². The maximum Gasteiger partial charge on any atom is 0.0783 e. The van der Waals surface area contributed by atoms with Gasteiger partial charge in [-0.3, -0.25) is 4.98 Å². The van der Waals surface area contributed by atoms with Crippen LogP contribution in [0.25, 0.3) is 10.9 Å². The maximum atomic E-state index is 9.79. The minimum absolute atomic E-state index is 0.497. The first-order valence-corrected chi connectivity index (χ1v) is 5.76. The van der Waals surface area contributed by atoms with Crippen molar-refractivity contribution in [3.8, 4) is 0 Å². The number of hydrogen-bond acceptors (Lipinski definition) is 3. The molecule has 3 nitrogen and oxygen atoms in total. The number of aromatic nitrogens is 1. The van der Waals surface area contributed by atoms with Gasteiger partial charge >= 0.3 is 0 Å². The highest BCUT2D eigenvalue weighted by Crippen LogP contribution is 2.29. The quantitative estimate of drug-likeness (QED) is 0.861. The van der Waals surface area contributed by atoms with Crippen molar-refractivity contribution in [3.05, 3.63) is 35.5 Å². The second kappa shape index (κ2) is 4.34. The van der Waals surface area contributed by atoms with Gasteiger partial charge in [-0.15, -0.1) is 0 Å². The van der Waals surface area contributed by atoms with Crippen molar-refractivity contribution in [2.45, 2.75) is 20.0 Å². The van der Waals surface area contributed by atoms with Crippen LogP contribution in [0, 0.1) is 6.92 Å². The number of aryl methyl sites for hydroxylation is 1. The zero-order chi connectivity index (χ0) is 12.6. The Balaban J connectivity index is 2.83. The first-order valence-electron chi connectivity index (χ1n) is 5.76. The number of hydrogen-bond donors (Lipinski definition) is 1. The molecule has 1 aromatic carbocycles. The van der Waals surface area contributed by atoms with Gasteiger partial charge in [0, 0.05) is 36.4 Å². The van der Waals surface area contributed by atoms with Gasteiger partial charge in [-0.05, 0) is 19.9 Å². The summed E-state index contributed by atoms with van der Waals surface area (Å²) in [6.45, 7) is 3.75.